The minimum absolute atomic E-state index is 0.0841. The van der Waals surface area contributed by atoms with Crippen molar-refractivity contribution in [2.24, 2.45) is 0 Å². The van der Waals surface area contributed by atoms with Crippen LogP contribution in [0.5, 0.6) is 0 Å². The molecule has 5 heteroatoms. The second-order valence-corrected chi connectivity index (χ2v) is 4.32. The summed E-state index contributed by atoms with van der Waals surface area (Å²) in [5, 5.41) is 11.3. The fraction of sp³-hybridized carbons (Fsp3) is 0.429. The molecule has 0 aliphatic rings. The highest BCUT2D eigenvalue weighted by molar-refractivity contribution is 5.84. The number of carbonyl (C=O) groups excluding carboxylic acids is 1. The molecule has 0 heterocycles. The van der Waals surface area contributed by atoms with E-state index in [-0.39, 0.29) is 18.4 Å². The number of para-hydroxylation sites is 1. The molecule has 0 fully saturated rings. The topological polar surface area (TPSA) is 69.6 Å². The highest BCUT2D eigenvalue weighted by Gasteiger charge is 2.20. The Kier molecular flexibility index (Phi) is 5.85. The number of hydrogen-bond donors (Lipinski definition) is 2. The van der Waals surface area contributed by atoms with Gasteiger partial charge in [-0.1, -0.05) is 18.2 Å². The predicted molar refractivity (Wildman–Crippen MR) is 74.2 cm³/mol. The molecule has 1 aromatic rings. The van der Waals surface area contributed by atoms with Crippen LogP contribution in [-0.4, -0.2) is 36.6 Å². The lowest BCUT2D eigenvalue weighted by atomic mass is 10.2. The Morgan fingerprint density at radius 1 is 1.32 bits per heavy atom. The first kappa shape index (κ1) is 15.0. The van der Waals surface area contributed by atoms with Crippen LogP contribution in [0.25, 0.3) is 0 Å². The Balaban J connectivity index is 2.79. The molecule has 5 nitrogen and oxygen atoms in total. The zero-order chi connectivity index (χ0) is 14.3. The van der Waals surface area contributed by atoms with Crippen LogP contribution in [0.2, 0.25) is 0 Å². The molecule has 19 heavy (non-hydrogen) atoms. The molecule has 1 amide bonds. The summed E-state index contributed by atoms with van der Waals surface area (Å²) >= 11 is 0. The van der Waals surface area contributed by atoms with Crippen molar-refractivity contribution < 1.29 is 14.7 Å². The second-order valence-electron chi connectivity index (χ2n) is 4.32. The van der Waals surface area contributed by atoms with Crippen LogP contribution in [-0.2, 0) is 9.59 Å². The number of nitrogens with zero attached hydrogens (tertiary/aromatic N) is 1. The SMILES string of the molecule is CNC(=O)C(C)N(CCCC(=O)O)c1ccccc1. The first-order valence-corrected chi connectivity index (χ1v) is 6.31. The summed E-state index contributed by atoms with van der Waals surface area (Å²) in [6.07, 6.45) is 0.607. The highest BCUT2D eigenvalue weighted by Crippen LogP contribution is 2.17. The molecule has 0 radical (unpaired) electrons. The number of rotatable bonds is 7. The Morgan fingerprint density at radius 3 is 2.47 bits per heavy atom. The van der Waals surface area contributed by atoms with Gasteiger partial charge in [0.1, 0.15) is 6.04 Å². The number of carboxylic acid groups (broad SMARTS) is 1. The molecular formula is C14H20N2O3. The number of benzene rings is 1. The Bertz CT molecular complexity index is 420. The van der Waals surface area contributed by atoms with Gasteiger partial charge in [-0.15, -0.1) is 0 Å². The maximum atomic E-state index is 11.8. The minimum atomic E-state index is -0.819. The molecule has 1 atom stereocenters. The summed E-state index contributed by atoms with van der Waals surface area (Å²) in [6.45, 7) is 2.34. The van der Waals surface area contributed by atoms with Crippen molar-refractivity contribution in [1.29, 1.82) is 0 Å². The molecule has 0 saturated heterocycles. The van der Waals surface area contributed by atoms with Gasteiger partial charge in [0.05, 0.1) is 0 Å². The van der Waals surface area contributed by atoms with Crippen LogP contribution >= 0.6 is 0 Å². The second kappa shape index (κ2) is 7.41. The van der Waals surface area contributed by atoms with Crippen LogP contribution in [0.3, 0.4) is 0 Å². The van der Waals surface area contributed by atoms with Crippen molar-refractivity contribution in [2.75, 3.05) is 18.5 Å². The summed E-state index contributed by atoms with van der Waals surface area (Å²) in [6, 6.07) is 9.21. The molecule has 0 aliphatic heterocycles. The number of nitrogens with one attached hydrogen (secondary N) is 1. The van der Waals surface area contributed by atoms with Gasteiger partial charge in [0.25, 0.3) is 0 Å². The van der Waals surface area contributed by atoms with Gasteiger partial charge in [0.15, 0.2) is 0 Å². The predicted octanol–water partition coefficient (Wildman–Crippen LogP) is 1.49. The number of anilines is 1. The van der Waals surface area contributed by atoms with Crippen LogP contribution < -0.4 is 10.2 Å². The lowest BCUT2D eigenvalue weighted by Gasteiger charge is -2.30. The van der Waals surface area contributed by atoms with Crippen molar-refractivity contribution in [2.45, 2.75) is 25.8 Å². The average molecular weight is 264 g/mol. The zero-order valence-electron chi connectivity index (χ0n) is 11.3. The van der Waals surface area contributed by atoms with Gasteiger partial charge in [-0.2, -0.15) is 0 Å². The lowest BCUT2D eigenvalue weighted by molar-refractivity contribution is -0.137. The van der Waals surface area contributed by atoms with Gasteiger partial charge in [-0.25, -0.2) is 0 Å². The maximum absolute atomic E-state index is 11.8. The van der Waals surface area contributed by atoms with Crippen LogP contribution in [0.1, 0.15) is 19.8 Å². The van der Waals surface area contributed by atoms with E-state index >= 15 is 0 Å². The van der Waals surface area contributed by atoms with E-state index in [1.54, 1.807) is 7.05 Å². The molecule has 0 aromatic heterocycles. The van der Waals surface area contributed by atoms with E-state index in [0.29, 0.717) is 13.0 Å². The van der Waals surface area contributed by atoms with Gasteiger partial charge in [-0.05, 0) is 25.5 Å². The molecule has 2 N–H and O–H groups in total. The monoisotopic (exact) mass is 264 g/mol. The first-order valence-electron chi connectivity index (χ1n) is 6.31. The summed E-state index contributed by atoms with van der Waals surface area (Å²) in [4.78, 5) is 24.3. The molecular weight excluding hydrogens is 244 g/mol. The van der Waals surface area contributed by atoms with Crippen LogP contribution in [0.4, 0.5) is 5.69 Å². The maximum Gasteiger partial charge on any atom is 0.303 e. The van der Waals surface area contributed by atoms with Gasteiger partial charge in [0.2, 0.25) is 5.91 Å². The molecule has 0 bridgehead atoms. The fourth-order valence-electron chi connectivity index (χ4n) is 1.92. The Morgan fingerprint density at radius 2 is 1.95 bits per heavy atom. The van der Waals surface area contributed by atoms with Crippen molar-refractivity contribution in [1.82, 2.24) is 5.32 Å². The zero-order valence-corrected chi connectivity index (χ0v) is 11.3. The quantitative estimate of drug-likeness (QED) is 0.783. The van der Waals surface area contributed by atoms with Crippen molar-refractivity contribution >= 4 is 17.6 Å². The Hall–Kier alpha value is -2.04. The van der Waals surface area contributed by atoms with E-state index in [1.165, 1.54) is 0 Å². The number of hydrogen-bond acceptors (Lipinski definition) is 3. The Labute approximate surface area is 113 Å². The third-order valence-corrected chi connectivity index (χ3v) is 2.97. The van der Waals surface area contributed by atoms with E-state index in [9.17, 15) is 9.59 Å². The minimum Gasteiger partial charge on any atom is -0.481 e. The summed E-state index contributed by atoms with van der Waals surface area (Å²) in [5.74, 6) is -0.903. The smallest absolute Gasteiger partial charge is 0.303 e. The van der Waals surface area contributed by atoms with E-state index in [4.69, 9.17) is 5.11 Å². The van der Waals surface area contributed by atoms with Crippen LogP contribution in [0, 0.1) is 0 Å². The average Bonchev–Trinajstić information content (AvgIpc) is 2.42. The number of amides is 1. The summed E-state index contributed by atoms with van der Waals surface area (Å²) < 4.78 is 0. The van der Waals surface area contributed by atoms with Crippen molar-refractivity contribution in [3.8, 4) is 0 Å². The molecule has 1 unspecified atom stereocenters. The van der Waals surface area contributed by atoms with E-state index in [1.807, 2.05) is 42.2 Å². The molecule has 1 aromatic carbocycles. The number of aliphatic carboxylic acids is 1. The highest BCUT2D eigenvalue weighted by atomic mass is 16.4. The molecule has 0 spiro atoms. The standard InChI is InChI=1S/C14H20N2O3/c1-11(14(19)15-2)16(10-6-9-13(17)18)12-7-4-3-5-8-12/h3-5,7-8,11H,6,9-10H2,1-2H3,(H,15,19)(H,17,18). The number of carboxylic acids is 1. The van der Waals surface area contributed by atoms with Gasteiger partial charge in [-0.3, -0.25) is 9.59 Å². The van der Waals surface area contributed by atoms with Gasteiger partial charge >= 0.3 is 5.97 Å². The molecule has 0 saturated carbocycles. The molecule has 104 valence electrons. The fourth-order valence-corrected chi connectivity index (χ4v) is 1.92. The summed E-state index contributed by atoms with van der Waals surface area (Å²) in [5.41, 5.74) is 0.920. The first-order chi connectivity index (χ1) is 9.06. The van der Waals surface area contributed by atoms with E-state index in [2.05, 4.69) is 5.32 Å². The third-order valence-electron chi connectivity index (χ3n) is 2.97. The largest absolute Gasteiger partial charge is 0.481 e. The van der Waals surface area contributed by atoms with E-state index < -0.39 is 5.97 Å². The molecule has 0 aliphatic carbocycles. The third kappa shape index (κ3) is 4.62. The molecule has 1 rings (SSSR count). The van der Waals surface area contributed by atoms with Crippen molar-refractivity contribution in [3.05, 3.63) is 30.3 Å². The normalized spacial score (nSPS) is 11.7. The summed E-state index contributed by atoms with van der Waals surface area (Å²) in [7, 11) is 1.60. The van der Waals surface area contributed by atoms with Crippen molar-refractivity contribution in [3.63, 3.8) is 0 Å². The number of likely N-dealkylation sites (N-methyl/N-ethyl adjacent to an activating group) is 1. The van der Waals surface area contributed by atoms with Gasteiger partial charge < -0.3 is 15.3 Å². The lowest BCUT2D eigenvalue weighted by Crippen LogP contribution is -2.44. The van der Waals surface area contributed by atoms with Gasteiger partial charge in [0, 0.05) is 25.7 Å². The number of carbonyl (C=O) groups is 2. The van der Waals surface area contributed by atoms with E-state index in [0.717, 1.165) is 5.69 Å². The van der Waals surface area contributed by atoms with Crippen LogP contribution in [0.15, 0.2) is 30.3 Å².